The third-order valence-corrected chi connectivity index (χ3v) is 5.37. The number of rotatable bonds is 9. The molecule has 0 radical (unpaired) electrons. The van der Waals surface area contributed by atoms with Crippen LogP contribution in [0.1, 0.15) is 24.6 Å². The molecule has 1 aliphatic heterocycles. The maximum atomic E-state index is 11.8. The van der Waals surface area contributed by atoms with Gasteiger partial charge in [-0.05, 0) is 5.56 Å². The number of nitrogens with one attached hydrogen (secondary N) is 2. The van der Waals surface area contributed by atoms with Gasteiger partial charge in [0.1, 0.15) is 24.6 Å². The van der Waals surface area contributed by atoms with E-state index >= 15 is 0 Å². The van der Waals surface area contributed by atoms with E-state index in [2.05, 4.69) is 25.6 Å². The summed E-state index contributed by atoms with van der Waals surface area (Å²) in [4.78, 5) is 35.5. The molecule has 33 heavy (non-hydrogen) atoms. The van der Waals surface area contributed by atoms with Crippen molar-refractivity contribution in [2.45, 2.75) is 43.9 Å². The number of fused-ring (bicyclic) bond motifs is 1. The van der Waals surface area contributed by atoms with Crippen molar-refractivity contribution in [2.75, 3.05) is 11.9 Å². The van der Waals surface area contributed by atoms with E-state index < -0.39 is 36.4 Å². The number of anilines is 1. The second kappa shape index (κ2) is 9.90. The number of imidazole rings is 1. The first-order valence-corrected chi connectivity index (χ1v) is 10.5. The number of aliphatic hydroxyl groups excluding tert-OH is 2. The van der Waals surface area contributed by atoms with Crippen molar-refractivity contribution >= 4 is 28.8 Å². The zero-order valence-electron chi connectivity index (χ0n) is 17.7. The average molecular weight is 455 g/mol. The number of nitrogens with two attached hydrogens (primary N) is 1. The van der Waals surface area contributed by atoms with E-state index in [-0.39, 0.29) is 19.4 Å². The third-order valence-electron chi connectivity index (χ3n) is 5.37. The van der Waals surface area contributed by atoms with Gasteiger partial charge in [-0.25, -0.2) is 15.0 Å². The molecule has 1 saturated heterocycles. The maximum Gasteiger partial charge on any atom is 0.220 e. The van der Waals surface area contributed by atoms with Gasteiger partial charge in [-0.2, -0.15) is 0 Å². The van der Waals surface area contributed by atoms with Gasteiger partial charge in [-0.1, -0.05) is 30.3 Å². The molecule has 2 aromatic heterocycles. The van der Waals surface area contributed by atoms with Gasteiger partial charge in [0.05, 0.1) is 6.33 Å². The van der Waals surface area contributed by atoms with Gasteiger partial charge < -0.3 is 31.3 Å². The molecule has 12 nitrogen and oxygen atoms in total. The minimum atomic E-state index is -1.27. The zero-order chi connectivity index (χ0) is 23.4. The zero-order valence-corrected chi connectivity index (χ0v) is 17.7. The summed E-state index contributed by atoms with van der Waals surface area (Å²) in [6, 6.07) is 9.81. The van der Waals surface area contributed by atoms with Crippen LogP contribution in [0.25, 0.3) is 11.2 Å². The van der Waals surface area contributed by atoms with Crippen molar-refractivity contribution in [3.63, 3.8) is 0 Å². The predicted molar refractivity (Wildman–Crippen MR) is 116 cm³/mol. The smallest absolute Gasteiger partial charge is 0.220 e. The van der Waals surface area contributed by atoms with Gasteiger partial charge in [0.2, 0.25) is 11.8 Å². The Bertz CT molecular complexity index is 1120. The summed E-state index contributed by atoms with van der Waals surface area (Å²) in [5, 5.41) is 26.8. The quantitative estimate of drug-likeness (QED) is 0.283. The summed E-state index contributed by atoms with van der Waals surface area (Å²) in [6.07, 6.45) is -1.65. The first kappa shape index (κ1) is 22.6. The van der Waals surface area contributed by atoms with E-state index in [1.54, 1.807) is 0 Å². The molecule has 1 aromatic carbocycles. The molecule has 3 heterocycles. The maximum absolute atomic E-state index is 11.8. The molecular weight excluding hydrogens is 430 g/mol. The Balaban J connectivity index is 1.45. The number of amides is 2. The van der Waals surface area contributed by atoms with Crippen molar-refractivity contribution < 1.29 is 24.5 Å². The molecule has 4 atom stereocenters. The van der Waals surface area contributed by atoms with Crippen molar-refractivity contribution in [1.29, 1.82) is 0 Å². The van der Waals surface area contributed by atoms with Gasteiger partial charge >= 0.3 is 0 Å². The number of hydrogen-bond acceptors (Lipinski definition) is 9. The molecule has 1 aliphatic rings. The second-order valence-corrected chi connectivity index (χ2v) is 7.70. The molecule has 0 saturated carbocycles. The summed E-state index contributed by atoms with van der Waals surface area (Å²) in [7, 11) is 0. The highest BCUT2D eigenvalue weighted by Crippen LogP contribution is 2.32. The van der Waals surface area contributed by atoms with Crippen LogP contribution in [0.2, 0.25) is 0 Å². The lowest BCUT2D eigenvalue weighted by atomic mass is 10.1. The summed E-state index contributed by atoms with van der Waals surface area (Å²) in [5.41, 5.74) is 7.01. The first-order chi connectivity index (χ1) is 15.9. The summed E-state index contributed by atoms with van der Waals surface area (Å²) >= 11 is 0. The molecule has 0 bridgehead atoms. The molecule has 6 N–H and O–H groups in total. The van der Waals surface area contributed by atoms with Crippen LogP contribution in [-0.2, 0) is 20.9 Å². The van der Waals surface area contributed by atoms with E-state index in [0.29, 0.717) is 23.5 Å². The fraction of sp³-hybridized carbons (Fsp3) is 0.381. The second-order valence-electron chi connectivity index (χ2n) is 7.70. The van der Waals surface area contributed by atoms with E-state index in [4.69, 9.17) is 10.5 Å². The molecule has 4 rings (SSSR count). The number of ether oxygens (including phenoxy) is 1. The highest BCUT2D eigenvalue weighted by molar-refractivity contribution is 5.83. The molecule has 2 amide bonds. The van der Waals surface area contributed by atoms with Crippen molar-refractivity contribution in [3.05, 3.63) is 48.5 Å². The van der Waals surface area contributed by atoms with Crippen molar-refractivity contribution in [1.82, 2.24) is 24.8 Å². The lowest BCUT2D eigenvalue weighted by Crippen LogP contribution is -2.40. The Hall–Kier alpha value is -3.61. The van der Waals surface area contributed by atoms with Crippen LogP contribution in [0, 0.1) is 0 Å². The van der Waals surface area contributed by atoms with Crippen LogP contribution in [-0.4, -0.2) is 66.4 Å². The van der Waals surface area contributed by atoms with Crippen LogP contribution in [0.3, 0.4) is 0 Å². The first-order valence-electron chi connectivity index (χ1n) is 10.5. The number of carbonyl (C=O) groups excluding carboxylic acids is 2. The minimum absolute atomic E-state index is 0.0438. The fourth-order valence-electron chi connectivity index (χ4n) is 3.62. The van der Waals surface area contributed by atoms with E-state index in [1.165, 1.54) is 17.2 Å². The van der Waals surface area contributed by atoms with Crippen molar-refractivity contribution in [3.8, 4) is 0 Å². The molecular formula is C21H25N7O5. The van der Waals surface area contributed by atoms with Gasteiger partial charge in [-0.15, -0.1) is 0 Å². The molecule has 1 unspecified atom stereocenters. The van der Waals surface area contributed by atoms with Crippen LogP contribution in [0.15, 0.2) is 43.0 Å². The van der Waals surface area contributed by atoms with E-state index in [9.17, 15) is 19.8 Å². The Morgan fingerprint density at radius 3 is 2.64 bits per heavy atom. The monoisotopic (exact) mass is 455 g/mol. The topological polar surface area (TPSA) is 178 Å². The normalized spacial score (nSPS) is 22.4. The lowest BCUT2D eigenvalue weighted by Gasteiger charge is -2.16. The Labute approximate surface area is 188 Å². The average Bonchev–Trinajstić information content (AvgIpc) is 3.37. The number of benzene rings is 1. The number of nitrogens with zero attached hydrogens (tertiary/aromatic N) is 4. The fourth-order valence-corrected chi connectivity index (χ4v) is 3.62. The molecule has 3 aromatic rings. The van der Waals surface area contributed by atoms with Crippen LogP contribution < -0.4 is 16.4 Å². The number of primary amides is 1. The number of hydrogen-bond donors (Lipinski definition) is 5. The number of aromatic nitrogens is 4. The van der Waals surface area contributed by atoms with Crippen LogP contribution in [0.4, 0.5) is 5.82 Å². The summed E-state index contributed by atoms with van der Waals surface area (Å²) < 4.78 is 7.34. The van der Waals surface area contributed by atoms with Gasteiger partial charge in [0, 0.05) is 25.9 Å². The van der Waals surface area contributed by atoms with E-state index in [1.807, 2.05) is 30.3 Å². The van der Waals surface area contributed by atoms with Gasteiger partial charge in [0.15, 0.2) is 23.2 Å². The number of carbonyl (C=O) groups is 2. The van der Waals surface area contributed by atoms with Gasteiger partial charge in [-0.3, -0.25) is 14.2 Å². The Kier molecular flexibility index (Phi) is 6.77. The summed E-state index contributed by atoms with van der Waals surface area (Å²) in [5.74, 6) is -0.462. The van der Waals surface area contributed by atoms with Gasteiger partial charge in [0.25, 0.3) is 0 Å². The Morgan fingerprint density at radius 1 is 1.09 bits per heavy atom. The SMILES string of the molecule is NC(=O)CCC(=O)NC[C@H]1OC(n2cnc3c(NCc4ccccc4)ncnc32)[C@H](O)[C@@H]1O. The van der Waals surface area contributed by atoms with Crippen molar-refractivity contribution in [2.24, 2.45) is 5.73 Å². The molecule has 12 heteroatoms. The van der Waals surface area contributed by atoms with E-state index in [0.717, 1.165) is 5.56 Å². The lowest BCUT2D eigenvalue weighted by molar-refractivity contribution is -0.125. The van der Waals surface area contributed by atoms with Crippen LogP contribution >= 0.6 is 0 Å². The molecule has 0 aliphatic carbocycles. The highest BCUT2D eigenvalue weighted by atomic mass is 16.6. The standard InChI is InChI=1S/C21H25N7O5/c22-14(29)6-7-15(30)23-9-13-17(31)18(32)21(33-13)28-11-27-16-19(25-10-26-20(16)28)24-8-12-4-2-1-3-5-12/h1-5,10-11,13,17-18,21,31-32H,6-9H2,(H2,22,29)(H,23,30)(H,24,25,26)/t13-,17-,18-,21?/m1/s1. The highest BCUT2D eigenvalue weighted by Gasteiger charge is 2.44. The molecule has 174 valence electrons. The Morgan fingerprint density at radius 2 is 1.88 bits per heavy atom. The number of aliphatic hydroxyl groups is 2. The minimum Gasteiger partial charge on any atom is -0.387 e. The van der Waals surface area contributed by atoms with Crippen LogP contribution in [0.5, 0.6) is 0 Å². The summed E-state index contributed by atoms with van der Waals surface area (Å²) in [6.45, 7) is 0.496. The third kappa shape index (κ3) is 5.08. The molecule has 1 fully saturated rings. The predicted octanol–water partition coefficient (Wildman–Crippen LogP) is -0.561. The largest absolute Gasteiger partial charge is 0.387 e. The molecule has 0 spiro atoms.